The first-order valence-electron chi connectivity index (χ1n) is 7.26. The lowest BCUT2D eigenvalue weighted by Gasteiger charge is -2.06. The molecule has 2 aromatic rings. The Labute approximate surface area is 152 Å². The molecule has 0 heterocycles. The molecule has 0 atom stereocenters. The fraction of sp³-hybridized carbons (Fsp3) is 0.118. The van der Waals surface area contributed by atoms with Crippen LogP contribution >= 0.6 is 15.9 Å². The van der Waals surface area contributed by atoms with Gasteiger partial charge in [-0.15, -0.1) is 0 Å². The Hall–Kier alpha value is -2.87. The van der Waals surface area contributed by atoms with Crippen LogP contribution in [0.25, 0.3) is 0 Å². The maximum absolute atomic E-state index is 12.0. The smallest absolute Gasteiger partial charge is 0.275 e. The lowest BCUT2D eigenvalue weighted by atomic mass is 10.2. The zero-order valence-electron chi connectivity index (χ0n) is 13.3. The van der Waals surface area contributed by atoms with Crippen LogP contribution in [0.3, 0.4) is 0 Å². The number of phenols is 2. The van der Waals surface area contributed by atoms with Gasteiger partial charge in [-0.05, 0) is 37.3 Å². The van der Waals surface area contributed by atoms with Gasteiger partial charge in [0.15, 0.2) is 0 Å². The van der Waals surface area contributed by atoms with Crippen LogP contribution in [0.1, 0.15) is 23.7 Å². The average molecular weight is 406 g/mol. The molecule has 130 valence electrons. The van der Waals surface area contributed by atoms with Crippen molar-refractivity contribution in [2.45, 2.75) is 13.3 Å². The van der Waals surface area contributed by atoms with Crippen LogP contribution in [0, 0.1) is 0 Å². The third-order valence-electron chi connectivity index (χ3n) is 3.10. The molecule has 2 rings (SSSR count). The van der Waals surface area contributed by atoms with Gasteiger partial charge in [0, 0.05) is 21.9 Å². The second kappa shape index (κ2) is 8.29. The Morgan fingerprint density at radius 2 is 1.92 bits per heavy atom. The van der Waals surface area contributed by atoms with Crippen LogP contribution in [0.5, 0.6) is 11.5 Å². The molecule has 4 N–H and O–H groups in total. The standard InChI is InChI=1S/C17H16BrN3O4/c1-10(7-16(24)19-12-4-2-3-11(18)8-12)20-21-17(25)14-6-5-13(22)9-15(14)23/h2-6,8-9,22-23H,7H2,1H3,(H,19,24)(H,21,25)/b20-10-. The minimum atomic E-state index is -0.649. The second-order valence-corrected chi connectivity index (χ2v) is 6.14. The summed E-state index contributed by atoms with van der Waals surface area (Å²) in [5, 5.41) is 25.4. The number of halogens is 1. The van der Waals surface area contributed by atoms with Gasteiger partial charge in [-0.1, -0.05) is 22.0 Å². The van der Waals surface area contributed by atoms with E-state index in [0.29, 0.717) is 11.4 Å². The van der Waals surface area contributed by atoms with Crippen molar-refractivity contribution in [3.63, 3.8) is 0 Å². The summed E-state index contributed by atoms with van der Waals surface area (Å²) in [5.41, 5.74) is 3.25. The highest BCUT2D eigenvalue weighted by Gasteiger charge is 2.11. The predicted molar refractivity (Wildman–Crippen MR) is 97.7 cm³/mol. The summed E-state index contributed by atoms with van der Waals surface area (Å²) in [7, 11) is 0. The zero-order chi connectivity index (χ0) is 18.4. The number of nitrogens with one attached hydrogen (secondary N) is 2. The Kier molecular flexibility index (Phi) is 6.13. The summed E-state index contributed by atoms with van der Waals surface area (Å²) < 4.78 is 0.844. The minimum absolute atomic E-state index is 0.00560. The lowest BCUT2D eigenvalue weighted by molar-refractivity contribution is -0.115. The number of carbonyl (C=O) groups excluding carboxylic acids is 2. The van der Waals surface area contributed by atoms with E-state index >= 15 is 0 Å². The molecule has 0 spiro atoms. The van der Waals surface area contributed by atoms with E-state index in [1.807, 2.05) is 6.07 Å². The van der Waals surface area contributed by atoms with Crippen LogP contribution < -0.4 is 10.7 Å². The topological polar surface area (TPSA) is 111 Å². The summed E-state index contributed by atoms with van der Waals surface area (Å²) in [6.45, 7) is 1.59. The van der Waals surface area contributed by atoms with Gasteiger partial charge in [-0.2, -0.15) is 5.10 Å². The van der Waals surface area contributed by atoms with Crippen molar-refractivity contribution >= 4 is 39.1 Å². The molecule has 0 fully saturated rings. The molecule has 2 amide bonds. The number of nitrogens with zero attached hydrogens (tertiary/aromatic N) is 1. The van der Waals surface area contributed by atoms with E-state index in [1.165, 1.54) is 12.1 Å². The molecule has 0 bridgehead atoms. The minimum Gasteiger partial charge on any atom is -0.508 e. The van der Waals surface area contributed by atoms with E-state index in [-0.39, 0.29) is 29.4 Å². The summed E-state index contributed by atoms with van der Waals surface area (Å²) in [6, 6.07) is 10.8. The van der Waals surface area contributed by atoms with E-state index in [0.717, 1.165) is 10.5 Å². The van der Waals surface area contributed by atoms with Crippen molar-refractivity contribution in [3.05, 3.63) is 52.5 Å². The summed E-state index contributed by atoms with van der Waals surface area (Å²) in [6.07, 6.45) is -0.00560. The Bertz CT molecular complexity index is 836. The summed E-state index contributed by atoms with van der Waals surface area (Å²) >= 11 is 3.32. The van der Waals surface area contributed by atoms with Crippen molar-refractivity contribution < 1.29 is 19.8 Å². The predicted octanol–water partition coefficient (Wildman–Crippen LogP) is 2.99. The summed E-state index contributed by atoms with van der Waals surface area (Å²) in [5.74, 6) is -1.44. The number of rotatable bonds is 5. The molecule has 0 unspecified atom stereocenters. The van der Waals surface area contributed by atoms with Gasteiger partial charge in [0.25, 0.3) is 5.91 Å². The molecule has 0 saturated carbocycles. The van der Waals surface area contributed by atoms with Crippen molar-refractivity contribution in [1.82, 2.24) is 5.43 Å². The van der Waals surface area contributed by atoms with Gasteiger partial charge < -0.3 is 15.5 Å². The van der Waals surface area contributed by atoms with Crippen LogP contribution in [0.2, 0.25) is 0 Å². The third kappa shape index (κ3) is 5.61. The molecule has 25 heavy (non-hydrogen) atoms. The molecule has 0 radical (unpaired) electrons. The molecule has 8 heteroatoms. The van der Waals surface area contributed by atoms with Gasteiger partial charge in [-0.25, -0.2) is 5.43 Å². The number of hydrogen-bond acceptors (Lipinski definition) is 5. The molecule has 2 aromatic carbocycles. The Morgan fingerprint density at radius 1 is 1.16 bits per heavy atom. The van der Waals surface area contributed by atoms with E-state index in [2.05, 4.69) is 31.8 Å². The largest absolute Gasteiger partial charge is 0.508 e. The number of hydrazone groups is 1. The number of hydrogen-bond donors (Lipinski definition) is 4. The lowest BCUT2D eigenvalue weighted by Crippen LogP contribution is -2.21. The monoisotopic (exact) mass is 405 g/mol. The van der Waals surface area contributed by atoms with Gasteiger partial charge in [0.1, 0.15) is 11.5 Å². The number of carbonyl (C=O) groups is 2. The van der Waals surface area contributed by atoms with Crippen molar-refractivity contribution in [2.24, 2.45) is 5.10 Å². The van der Waals surface area contributed by atoms with Crippen LogP contribution in [-0.4, -0.2) is 27.7 Å². The van der Waals surface area contributed by atoms with Crippen molar-refractivity contribution in [2.75, 3.05) is 5.32 Å². The third-order valence-corrected chi connectivity index (χ3v) is 3.59. The SMILES string of the molecule is C/C(CC(=O)Nc1cccc(Br)c1)=N/NC(=O)c1ccc(O)cc1O. The molecule has 0 aromatic heterocycles. The number of aromatic hydroxyl groups is 2. The number of benzene rings is 2. The first-order chi connectivity index (χ1) is 11.8. The molecule has 0 aliphatic rings. The normalized spacial score (nSPS) is 11.0. The Morgan fingerprint density at radius 3 is 2.60 bits per heavy atom. The van der Waals surface area contributed by atoms with E-state index in [1.54, 1.807) is 25.1 Å². The average Bonchev–Trinajstić information content (AvgIpc) is 2.52. The van der Waals surface area contributed by atoms with E-state index in [4.69, 9.17) is 0 Å². The van der Waals surface area contributed by atoms with E-state index < -0.39 is 5.91 Å². The highest BCUT2D eigenvalue weighted by molar-refractivity contribution is 9.10. The number of anilines is 1. The zero-order valence-corrected chi connectivity index (χ0v) is 14.9. The van der Waals surface area contributed by atoms with Gasteiger partial charge in [-0.3, -0.25) is 9.59 Å². The fourth-order valence-corrected chi connectivity index (χ4v) is 2.36. The van der Waals surface area contributed by atoms with Gasteiger partial charge in [0.05, 0.1) is 12.0 Å². The fourth-order valence-electron chi connectivity index (χ4n) is 1.96. The van der Waals surface area contributed by atoms with Crippen molar-refractivity contribution in [1.29, 1.82) is 0 Å². The van der Waals surface area contributed by atoms with Crippen LogP contribution in [0.4, 0.5) is 5.69 Å². The maximum Gasteiger partial charge on any atom is 0.275 e. The number of phenolic OH excluding ortho intramolecular Hbond substituents is 2. The first kappa shape index (κ1) is 18.5. The van der Waals surface area contributed by atoms with Gasteiger partial charge >= 0.3 is 0 Å². The highest BCUT2D eigenvalue weighted by Crippen LogP contribution is 2.22. The maximum atomic E-state index is 12.0. The molecular weight excluding hydrogens is 390 g/mol. The molecule has 0 saturated heterocycles. The van der Waals surface area contributed by atoms with Gasteiger partial charge in [0.2, 0.25) is 5.91 Å². The molecule has 0 aliphatic heterocycles. The molecular formula is C17H16BrN3O4. The van der Waals surface area contributed by atoms with Crippen LogP contribution in [-0.2, 0) is 4.79 Å². The van der Waals surface area contributed by atoms with Crippen LogP contribution in [0.15, 0.2) is 52.0 Å². The Balaban J connectivity index is 1.92. The molecule has 0 aliphatic carbocycles. The van der Waals surface area contributed by atoms with Crippen molar-refractivity contribution in [3.8, 4) is 11.5 Å². The van der Waals surface area contributed by atoms with E-state index in [9.17, 15) is 19.8 Å². The highest BCUT2D eigenvalue weighted by atomic mass is 79.9. The quantitative estimate of drug-likeness (QED) is 0.452. The summed E-state index contributed by atoms with van der Waals surface area (Å²) in [4.78, 5) is 23.9. The number of amides is 2. The first-order valence-corrected chi connectivity index (χ1v) is 8.05. The molecule has 7 nitrogen and oxygen atoms in total. The second-order valence-electron chi connectivity index (χ2n) is 5.22.